The molecule has 0 bridgehead atoms. The van der Waals surface area contributed by atoms with Crippen LogP contribution in [-0.2, 0) is 16.0 Å². The number of Topliss-reactive ketones (excluding diaryl/α,β-unsaturated/α-hetero) is 1. The summed E-state index contributed by atoms with van der Waals surface area (Å²) in [5, 5.41) is 11.5. The van der Waals surface area contributed by atoms with Gasteiger partial charge in [0.2, 0.25) is 0 Å². The second kappa shape index (κ2) is 8.96. The van der Waals surface area contributed by atoms with Crippen molar-refractivity contribution in [1.82, 2.24) is 4.98 Å². The SMILES string of the molecule is CCc1ccc2nc(N3C(=O)C(=O)/C(=C(/O)c4ccc(F)cc4)C3c3cccc(OC)c3)sc2c1. The summed E-state index contributed by atoms with van der Waals surface area (Å²) in [6.45, 7) is 2.06. The van der Waals surface area contributed by atoms with Gasteiger partial charge in [0.15, 0.2) is 5.13 Å². The Bertz CT molecular complexity index is 1490. The maximum absolute atomic E-state index is 13.5. The van der Waals surface area contributed by atoms with Crippen molar-refractivity contribution in [2.75, 3.05) is 12.0 Å². The smallest absolute Gasteiger partial charge is 0.301 e. The van der Waals surface area contributed by atoms with Crippen LogP contribution in [0.5, 0.6) is 5.75 Å². The molecule has 0 radical (unpaired) electrons. The minimum atomic E-state index is -0.943. The molecule has 2 heterocycles. The average Bonchev–Trinajstić information content (AvgIpc) is 3.41. The van der Waals surface area contributed by atoms with Gasteiger partial charge in [0.25, 0.3) is 5.78 Å². The first-order valence-corrected chi connectivity index (χ1v) is 11.8. The van der Waals surface area contributed by atoms with Crippen LogP contribution in [0.4, 0.5) is 9.52 Å². The first-order valence-electron chi connectivity index (χ1n) is 11.0. The first kappa shape index (κ1) is 22.7. The number of aliphatic hydroxyl groups is 1. The van der Waals surface area contributed by atoms with Crippen molar-refractivity contribution in [2.45, 2.75) is 19.4 Å². The molecular weight excluding hydrogens is 467 g/mol. The fraction of sp³-hybridized carbons (Fsp3) is 0.148. The Hall–Kier alpha value is -4.04. The summed E-state index contributed by atoms with van der Waals surface area (Å²) in [6.07, 6.45) is 0.856. The summed E-state index contributed by atoms with van der Waals surface area (Å²) < 4.78 is 19.7. The van der Waals surface area contributed by atoms with E-state index in [1.54, 1.807) is 24.3 Å². The average molecular weight is 489 g/mol. The van der Waals surface area contributed by atoms with E-state index in [-0.39, 0.29) is 16.9 Å². The molecule has 1 N–H and O–H groups in total. The summed E-state index contributed by atoms with van der Waals surface area (Å²) in [4.78, 5) is 32.6. The van der Waals surface area contributed by atoms with Crippen LogP contribution in [0.15, 0.2) is 72.3 Å². The second-order valence-corrected chi connectivity index (χ2v) is 9.11. The third-order valence-corrected chi connectivity index (χ3v) is 7.04. The van der Waals surface area contributed by atoms with Gasteiger partial charge in [0.05, 0.1) is 28.9 Å². The molecule has 1 amide bonds. The molecule has 6 nitrogen and oxygen atoms in total. The molecule has 3 aromatic carbocycles. The summed E-state index contributed by atoms with van der Waals surface area (Å²) in [5.74, 6) is -1.96. The van der Waals surface area contributed by atoms with E-state index in [9.17, 15) is 19.1 Å². The zero-order valence-electron chi connectivity index (χ0n) is 19.0. The van der Waals surface area contributed by atoms with Crippen molar-refractivity contribution in [2.24, 2.45) is 0 Å². The minimum absolute atomic E-state index is 0.0941. The molecule has 1 aliphatic heterocycles. The largest absolute Gasteiger partial charge is 0.507 e. The number of rotatable bonds is 5. The molecule has 1 saturated heterocycles. The van der Waals surface area contributed by atoms with Crippen molar-refractivity contribution in [3.8, 4) is 5.75 Å². The van der Waals surface area contributed by atoms with E-state index < -0.39 is 23.5 Å². The molecule has 1 fully saturated rings. The fourth-order valence-corrected chi connectivity index (χ4v) is 5.26. The van der Waals surface area contributed by atoms with Crippen LogP contribution < -0.4 is 9.64 Å². The van der Waals surface area contributed by atoms with Crippen LogP contribution in [0.3, 0.4) is 0 Å². The molecule has 0 saturated carbocycles. The van der Waals surface area contributed by atoms with Crippen LogP contribution >= 0.6 is 11.3 Å². The van der Waals surface area contributed by atoms with E-state index >= 15 is 0 Å². The van der Waals surface area contributed by atoms with Crippen molar-refractivity contribution in [3.63, 3.8) is 0 Å². The molecule has 1 aliphatic rings. The Morgan fingerprint density at radius 2 is 1.89 bits per heavy atom. The number of carbonyl (C=O) groups excluding carboxylic acids is 2. The van der Waals surface area contributed by atoms with E-state index in [2.05, 4.69) is 11.9 Å². The van der Waals surface area contributed by atoms with E-state index in [0.717, 1.165) is 16.7 Å². The molecule has 1 aromatic heterocycles. The van der Waals surface area contributed by atoms with Gasteiger partial charge in [0, 0.05) is 5.56 Å². The second-order valence-electron chi connectivity index (χ2n) is 8.10. The number of ether oxygens (including phenoxy) is 1. The predicted molar refractivity (Wildman–Crippen MR) is 133 cm³/mol. The number of hydrogen-bond acceptors (Lipinski definition) is 6. The maximum Gasteiger partial charge on any atom is 0.301 e. The Balaban J connectivity index is 1.72. The normalized spacial score (nSPS) is 17.3. The predicted octanol–water partition coefficient (Wildman–Crippen LogP) is 5.63. The molecule has 1 atom stereocenters. The number of aromatic nitrogens is 1. The van der Waals surface area contributed by atoms with Crippen LogP contribution in [0.25, 0.3) is 16.0 Å². The number of aliphatic hydroxyl groups excluding tert-OH is 1. The van der Waals surface area contributed by atoms with Crippen LogP contribution in [0.2, 0.25) is 0 Å². The van der Waals surface area contributed by atoms with Gasteiger partial charge < -0.3 is 9.84 Å². The highest BCUT2D eigenvalue weighted by Gasteiger charge is 2.48. The van der Waals surface area contributed by atoms with E-state index in [1.165, 1.54) is 47.6 Å². The number of halogens is 1. The number of amides is 1. The zero-order chi connectivity index (χ0) is 24.7. The van der Waals surface area contributed by atoms with Crippen molar-refractivity contribution in [1.29, 1.82) is 0 Å². The van der Waals surface area contributed by atoms with Gasteiger partial charge in [-0.25, -0.2) is 9.37 Å². The minimum Gasteiger partial charge on any atom is -0.507 e. The number of thiazole rings is 1. The molecule has 35 heavy (non-hydrogen) atoms. The number of methoxy groups -OCH3 is 1. The number of aryl methyl sites for hydroxylation is 1. The van der Waals surface area contributed by atoms with Gasteiger partial charge in [-0.3, -0.25) is 14.5 Å². The lowest BCUT2D eigenvalue weighted by molar-refractivity contribution is -0.132. The summed E-state index contributed by atoms with van der Waals surface area (Å²) in [5.41, 5.74) is 2.56. The van der Waals surface area contributed by atoms with Gasteiger partial charge in [0.1, 0.15) is 17.3 Å². The molecular formula is C27H21FN2O4S. The Labute approximate surface area is 204 Å². The lowest BCUT2D eigenvalue weighted by Crippen LogP contribution is -2.29. The molecule has 0 spiro atoms. The fourth-order valence-electron chi connectivity index (χ4n) is 4.20. The Morgan fingerprint density at radius 1 is 1.11 bits per heavy atom. The summed E-state index contributed by atoms with van der Waals surface area (Å²) in [6, 6.07) is 17.0. The van der Waals surface area contributed by atoms with Crippen LogP contribution in [0.1, 0.15) is 29.7 Å². The van der Waals surface area contributed by atoms with Gasteiger partial charge in [-0.2, -0.15) is 0 Å². The monoisotopic (exact) mass is 488 g/mol. The van der Waals surface area contributed by atoms with Crippen molar-refractivity contribution < 1.29 is 23.8 Å². The highest BCUT2D eigenvalue weighted by atomic mass is 32.1. The quantitative estimate of drug-likeness (QED) is 0.224. The van der Waals surface area contributed by atoms with Gasteiger partial charge in [-0.1, -0.05) is 36.5 Å². The number of fused-ring (bicyclic) bond motifs is 1. The van der Waals surface area contributed by atoms with Crippen molar-refractivity contribution >= 4 is 44.1 Å². The molecule has 5 rings (SSSR count). The van der Waals surface area contributed by atoms with Crippen LogP contribution in [-0.4, -0.2) is 28.9 Å². The number of anilines is 1. The van der Waals surface area contributed by atoms with Gasteiger partial charge in [-0.15, -0.1) is 0 Å². The number of benzene rings is 3. The Kier molecular flexibility index (Phi) is 5.82. The third-order valence-electron chi connectivity index (χ3n) is 6.03. The number of ketones is 1. The number of hydrogen-bond donors (Lipinski definition) is 1. The van der Waals surface area contributed by atoms with E-state index in [4.69, 9.17) is 4.74 Å². The molecule has 0 aliphatic carbocycles. The molecule has 8 heteroatoms. The molecule has 176 valence electrons. The maximum atomic E-state index is 13.5. The topological polar surface area (TPSA) is 79.7 Å². The number of nitrogens with zero attached hydrogens (tertiary/aromatic N) is 2. The molecule has 1 unspecified atom stereocenters. The lowest BCUT2D eigenvalue weighted by Gasteiger charge is -2.23. The Morgan fingerprint density at radius 3 is 2.60 bits per heavy atom. The van der Waals surface area contributed by atoms with Gasteiger partial charge in [-0.05, 0) is 66.1 Å². The summed E-state index contributed by atoms with van der Waals surface area (Å²) in [7, 11) is 1.52. The van der Waals surface area contributed by atoms with E-state index in [0.29, 0.717) is 22.0 Å². The number of carbonyl (C=O) groups is 2. The standard InChI is InChI=1S/C27H21FN2O4S/c1-3-15-7-12-20-21(13-15)35-27(29-20)30-23(17-5-4-6-19(14-17)34-2)22(25(32)26(30)33)24(31)16-8-10-18(28)11-9-16/h4-14,23,31H,3H2,1-2H3/b24-22+. The van der Waals surface area contributed by atoms with E-state index in [1.807, 2.05) is 18.2 Å². The zero-order valence-corrected chi connectivity index (χ0v) is 19.8. The van der Waals surface area contributed by atoms with Gasteiger partial charge >= 0.3 is 5.91 Å². The van der Waals surface area contributed by atoms with Crippen LogP contribution in [0, 0.1) is 5.82 Å². The summed E-state index contributed by atoms with van der Waals surface area (Å²) >= 11 is 1.31. The molecule has 4 aromatic rings. The lowest BCUT2D eigenvalue weighted by atomic mass is 9.95. The highest BCUT2D eigenvalue weighted by molar-refractivity contribution is 7.22. The highest BCUT2D eigenvalue weighted by Crippen LogP contribution is 2.44. The van der Waals surface area contributed by atoms with Crippen molar-refractivity contribution in [3.05, 3.63) is 94.8 Å². The first-order chi connectivity index (χ1) is 16.9. The third kappa shape index (κ3) is 3.95.